The molecule has 0 saturated carbocycles. The van der Waals surface area contributed by atoms with Gasteiger partial charge in [-0.1, -0.05) is 12.6 Å². The van der Waals surface area contributed by atoms with Crippen LogP contribution in [0.2, 0.25) is 0 Å². The number of hydrogen-bond donors (Lipinski definition) is 0. The number of Topliss-reactive ketones (excluding diaryl/α,β-unsaturated/α-hetero) is 1. The smallest absolute Gasteiger partial charge is 0.313 e. The predicted octanol–water partition coefficient (Wildman–Crippen LogP) is 2.01. The first-order valence-electron chi connectivity index (χ1n) is 5.32. The molecular formula is C13H15NO3. The number of pyridine rings is 1. The van der Waals surface area contributed by atoms with E-state index in [1.165, 1.54) is 6.20 Å². The van der Waals surface area contributed by atoms with E-state index < -0.39 is 5.97 Å². The maximum Gasteiger partial charge on any atom is 0.313 e. The lowest BCUT2D eigenvalue weighted by Gasteiger charge is -2.08. The fourth-order valence-corrected chi connectivity index (χ4v) is 1.24. The molecule has 0 amide bonds. The largest absolute Gasteiger partial charge is 0.463 e. The van der Waals surface area contributed by atoms with E-state index in [9.17, 15) is 9.59 Å². The summed E-state index contributed by atoms with van der Waals surface area (Å²) in [7, 11) is 0. The zero-order chi connectivity index (χ0) is 12.8. The number of allylic oxidation sites excluding steroid dienone is 1. The van der Waals surface area contributed by atoms with Gasteiger partial charge in [0.1, 0.15) is 6.42 Å². The molecule has 90 valence electrons. The molecule has 0 bridgehead atoms. The summed E-state index contributed by atoms with van der Waals surface area (Å²) in [6, 6.07) is 3.43. The summed E-state index contributed by atoms with van der Waals surface area (Å²) in [6.45, 7) is 7.13. The van der Waals surface area contributed by atoms with Crippen molar-refractivity contribution in [3.8, 4) is 0 Å². The normalized spacial score (nSPS) is 10.1. The Morgan fingerprint density at radius 1 is 1.47 bits per heavy atom. The second-order valence-electron chi connectivity index (χ2n) is 3.86. The lowest BCUT2D eigenvalue weighted by atomic mass is 10.0. The Labute approximate surface area is 100 Å². The van der Waals surface area contributed by atoms with Crippen LogP contribution in [-0.2, 0) is 14.3 Å². The van der Waals surface area contributed by atoms with Gasteiger partial charge >= 0.3 is 5.97 Å². The second kappa shape index (κ2) is 5.94. The molecule has 17 heavy (non-hydrogen) atoms. The van der Waals surface area contributed by atoms with E-state index in [4.69, 9.17) is 4.74 Å². The van der Waals surface area contributed by atoms with E-state index >= 15 is 0 Å². The Morgan fingerprint density at radius 2 is 2.18 bits per heavy atom. The summed E-state index contributed by atoms with van der Waals surface area (Å²) < 4.78 is 4.89. The third kappa shape index (κ3) is 4.18. The summed E-state index contributed by atoms with van der Waals surface area (Å²) in [5.74, 6) is -0.876. The number of nitrogens with zero attached hydrogens (tertiary/aromatic N) is 1. The molecule has 0 atom stereocenters. The molecule has 1 aromatic heterocycles. The molecule has 0 fully saturated rings. The molecule has 0 spiro atoms. The topological polar surface area (TPSA) is 56.3 Å². The van der Waals surface area contributed by atoms with Crippen molar-refractivity contribution >= 4 is 17.3 Å². The van der Waals surface area contributed by atoms with Crippen LogP contribution in [0, 0.1) is 0 Å². The van der Waals surface area contributed by atoms with E-state index in [1.54, 1.807) is 32.2 Å². The fraction of sp³-hybridized carbons (Fsp3) is 0.308. The first-order chi connectivity index (χ1) is 8.00. The average molecular weight is 233 g/mol. The van der Waals surface area contributed by atoms with Gasteiger partial charge in [0, 0.05) is 23.5 Å². The van der Waals surface area contributed by atoms with Gasteiger partial charge in [-0.25, -0.2) is 0 Å². The molecular weight excluding hydrogens is 218 g/mol. The van der Waals surface area contributed by atoms with Gasteiger partial charge in [-0.3, -0.25) is 14.6 Å². The van der Waals surface area contributed by atoms with Crippen LogP contribution < -0.4 is 0 Å². The van der Waals surface area contributed by atoms with Gasteiger partial charge in [-0.2, -0.15) is 0 Å². The van der Waals surface area contributed by atoms with E-state index in [0.29, 0.717) is 5.56 Å². The number of ether oxygens (including phenoxy) is 1. The van der Waals surface area contributed by atoms with Gasteiger partial charge in [0.05, 0.1) is 6.10 Å². The van der Waals surface area contributed by atoms with Gasteiger partial charge in [0.15, 0.2) is 5.78 Å². The van der Waals surface area contributed by atoms with E-state index in [-0.39, 0.29) is 23.9 Å². The zero-order valence-corrected chi connectivity index (χ0v) is 9.97. The van der Waals surface area contributed by atoms with Crippen molar-refractivity contribution in [1.82, 2.24) is 4.98 Å². The quantitative estimate of drug-likeness (QED) is 0.443. The number of aromatic nitrogens is 1. The number of esters is 1. The first-order valence-corrected chi connectivity index (χ1v) is 5.32. The molecule has 0 aliphatic rings. The molecule has 4 nitrogen and oxygen atoms in total. The summed E-state index contributed by atoms with van der Waals surface area (Å²) >= 11 is 0. The Morgan fingerprint density at radius 3 is 2.71 bits per heavy atom. The van der Waals surface area contributed by atoms with Crippen LogP contribution in [0.25, 0.3) is 5.57 Å². The van der Waals surface area contributed by atoms with Gasteiger partial charge in [-0.15, -0.1) is 0 Å². The van der Waals surface area contributed by atoms with Crippen LogP contribution in [-0.4, -0.2) is 22.8 Å². The molecule has 1 heterocycles. The van der Waals surface area contributed by atoms with Crippen LogP contribution in [0.4, 0.5) is 0 Å². The minimum atomic E-state index is -0.532. The fourth-order valence-electron chi connectivity index (χ4n) is 1.24. The highest BCUT2D eigenvalue weighted by molar-refractivity contribution is 6.24. The molecule has 0 aliphatic carbocycles. The Balaban J connectivity index is 2.60. The SMILES string of the molecule is C=C(C(=O)CC(=O)OC(C)C)c1cccnc1. The van der Waals surface area contributed by atoms with Crippen molar-refractivity contribution < 1.29 is 14.3 Å². The third-order valence-electron chi connectivity index (χ3n) is 2.02. The average Bonchev–Trinajstić information content (AvgIpc) is 2.28. The third-order valence-corrected chi connectivity index (χ3v) is 2.02. The van der Waals surface area contributed by atoms with Gasteiger partial charge in [-0.05, 0) is 19.9 Å². The predicted molar refractivity (Wildman–Crippen MR) is 64.1 cm³/mol. The minimum Gasteiger partial charge on any atom is -0.463 e. The first kappa shape index (κ1) is 13.1. The number of hydrogen-bond acceptors (Lipinski definition) is 4. The summed E-state index contributed by atoms with van der Waals surface area (Å²) in [5, 5.41) is 0. The van der Waals surface area contributed by atoms with Gasteiger partial charge < -0.3 is 4.74 Å². The van der Waals surface area contributed by atoms with Crippen LogP contribution in [0.15, 0.2) is 31.1 Å². The van der Waals surface area contributed by atoms with Gasteiger partial charge in [0.25, 0.3) is 0 Å². The molecule has 0 saturated heterocycles. The summed E-state index contributed by atoms with van der Waals surface area (Å²) in [6.07, 6.45) is 2.63. The van der Waals surface area contributed by atoms with E-state index in [2.05, 4.69) is 11.6 Å². The van der Waals surface area contributed by atoms with Gasteiger partial charge in [0.2, 0.25) is 0 Å². The molecule has 0 radical (unpaired) electrons. The van der Waals surface area contributed by atoms with Crippen LogP contribution >= 0.6 is 0 Å². The maximum absolute atomic E-state index is 11.7. The lowest BCUT2D eigenvalue weighted by Crippen LogP contribution is -2.16. The van der Waals surface area contributed by atoms with Crippen LogP contribution in [0.1, 0.15) is 25.8 Å². The summed E-state index contributed by atoms with van der Waals surface area (Å²) in [4.78, 5) is 26.9. The van der Waals surface area contributed by atoms with Crippen molar-refractivity contribution in [3.05, 3.63) is 36.7 Å². The highest BCUT2D eigenvalue weighted by atomic mass is 16.5. The van der Waals surface area contributed by atoms with Crippen molar-refractivity contribution in [2.24, 2.45) is 0 Å². The van der Waals surface area contributed by atoms with Crippen molar-refractivity contribution in [1.29, 1.82) is 0 Å². The molecule has 0 aromatic carbocycles. The maximum atomic E-state index is 11.7. The van der Waals surface area contributed by atoms with Crippen LogP contribution in [0.5, 0.6) is 0 Å². The molecule has 0 N–H and O–H groups in total. The number of carbonyl (C=O) groups excluding carboxylic acids is 2. The van der Waals surface area contributed by atoms with Crippen LogP contribution in [0.3, 0.4) is 0 Å². The monoisotopic (exact) mass is 233 g/mol. The lowest BCUT2D eigenvalue weighted by molar-refractivity contribution is -0.148. The molecule has 1 aromatic rings. The standard InChI is InChI=1S/C13H15NO3/c1-9(2)17-13(16)7-12(15)10(3)11-5-4-6-14-8-11/h4-6,8-9H,3,7H2,1-2H3. The molecule has 4 heteroatoms. The Kier molecular flexibility index (Phi) is 4.57. The van der Waals surface area contributed by atoms with Crippen molar-refractivity contribution in [2.45, 2.75) is 26.4 Å². The van der Waals surface area contributed by atoms with Crippen molar-refractivity contribution in [2.75, 3.05) is 0 Å². The van der Waals surface area contributed by atoms with Crippen molar-refractivity contribution in [3.63, 3.8) is 0 Å². The number of ketones is 1. The number of carbonyl (C=O) groups is 2. The summed E-state index contributed by atoms with van der Waals surface area (Å²) in [5.41, 5.74) is 0.897. The molecule has 0 aliphatic heterocycles. The Bertz CT molecular complexity index is 424. The van der Waals surface area contributed by atoms with E-state index in [0.717, 1.165) is 0 Å². The Hall–Kier alpha value is -1.97. The minimum absolute atomic E-state index is 0.220. The zero-order valence-electron chi connectivity index (χ0n) is 9.97. The van der Waals surface area contributed by atoms with E-state index in [1.807, 2.05) is 0 Å². The highest BCUT2D eigenvalue weighted by Crippen LogP contribution is 2.13. The highest BCUT2D eigenvalue weighted by Gasteiger charge is 2.16. The second-order valence-corrected chi connectivity index (χ2v) is 3.86. The number of rotatable bonds is 5. The molecule has 1 rings (SSSR count). The molecule has 0 unspecified atom stereocenters.